The van der Waals surface area contributed by atoms with Crippen LogP contribution in [0.15, 0.2) is 10.6 Å². The number of hydrogen-bond donors (Lipinski definition) is 2. The highest BCUT2D eigenvalue weighted by molar-refractivity contribution is 5.89. The van der Waals surface area contributed by atoms with Crippen LogP contribution in [0.1, 0.15) is 31.4 Å². The van der Waals surface area contributed by atoms with Gasteiger partial charge in [0.2, 0.25) is 5.91 Å². The van der Waals surface area contributed by atoms with Crippen molar-refractivity contribution < 1.29 is 9.32 Å². The molecular formula is C12H19N3O2. The van der Waals surface area contributed by atoms with Gasteiger partial charge in [-0.25, -0.2) is 0 Å². The van der Waals surface area contributed by atoms with Crippen molar-refractivity contribution in [2.45, 2.75) is 32.6 Å². The number of nitrogens with zero attached hydrogens (tertiary/aromatic N) is 1. The minimum atomic E-state index is 0.0175. The van der Waals surface area contributed by atoms with Crippen molar-refractivity contribution >= 4 is 11.7 Å². The van der Waals surface area contributed by atoms with Crippen molar-refractivity contribution in [3.05, 3.63) is 11.8 Å². The molecule has 2 N–H and O–H groups in total. The zero-order chi connectivity index (χ0) is 12.1. The van der Waals surface area contributed by atoms with Crippen molar-refractivity contribution in [2.24, 2.45) is 5.92 Å². The summed E-state index contributed by atoms with van der Waals surface area (Å²) in [4.78, 5) is 11.7. The highest BCUT2D eigenvalue weighted by atomic mass is 16.5. The largest absolute Gasteiger partial charge is 0.360 e. The molecule has 0 saturated carbocycles. The van der Waals surface area contributed by atoms with Crippen molar-refractivity contribution in [3.63, 3.8) is 0 Å². The van der Waals surface area contributed by atoms with E-state index in [1.165, 1.54) is 12.8 Å². The van der Waals surface area contributed by atoms with Gasteiger partial charge in [-0.2, -0.15) is 0 Å². The molecule has 1 aliphatic heterocycles. The van der Waals surface area contributed by atoms with E-state index >= 15 is 0 Å². The molecule has 1 fully saturated rings. The predicted molar refractivity (Wildman–Crippen MR) is 64.7 cm³/mol. The first kappa shape index (κ1) is 12.1. The fourth-order valence-corrected chi connectivity index (χ4v) is 2.14. The van der Waals surface area contributed by atoms with Crippen LogP contribution >= 0.6 is 0 Å². The van der Waals surface area contributed by atoms with E-state index in [0.29, 0.717) is 23.9 Å². The molecule has 0 radical (unpaired) electrons. The average Bonchev–Trinajstić information content (AvgIpc) is 2.73. The van der Waals surface area contributed by atoms with Crippen LogP contribution in [0.25, 0.3) is 0 Å². The Morgan fingerprint density at radius 3 is 3.24 bits per heavy atom. The molecule has 5 heteroatoms. The molecule has 1 aromatic rings. The molecular weight excluding hydrogens is 218 g/mol. The van der Waals surface area contributed by atoms with Crippen LogP contribution in [-0.2, 0) is 4.79 Å². The number of piperidine rings is 1. The molecule has 2 rings (SSSR count). The molecule has 0 aliphatic carbocycles. The molecule has 0 bridgehead atoms. The third-order valence-corrected chi connectivity index (χ3v) is 3.07. The van der Waals surface area contributed by atoms with Crippen LogP contribution in [0.2, 0.25) is 0 Å². The van der Waals surface area contributed by atoms with Gasteiger partial charge in [0.15, 0.2) is 5.82 Å². The second-order valence-corrected chi connectivity index (χ2v) is 4.62. The van der Waals surface area contributed by atoms with Crippen molar-refractivity contribution in [1.29, 1.82) is 0 Å². The quantitative estimate of drug-likeness (QED) is 0.836. The first-order chi connectivity index (χ1) is 8.24. The van der Waals surface area contributed by atoms with Crippen LogP contribution < -0.4 is 10.6 Å². The van der Waals surface area contributed by atoms with Crippen LogP contribution in [0.3, 0.4) is 0 Å². The molecule has 1 aromatic heterocycles. The SMILES string of the molecule is Cc1cc(NC(=O)CCC2CCCNC2)no1. The van der Waals surface area contributed by atoms with Crippen LogP contribution in [0, 0.1) is 12.8 Å². The summed E-state index contributed by atoms with van der Waals surface area (Å²) >= 11 is 0. The molecule has 17 heavy (non-hydrogen) atoms. The fraction of sp³-hybridized carbons (Fsp3) is 0.667. The smallest absolute Gasteiger partial charge is 0.225 e. The zero-order valence-electron chi connectivity index (χ0n) is 10.2. The fourth-order valence-electron chi connectivity index (χ4n) is 2.14. The van der Waals surface area contributed by atoms with Crippen molar-refractivity contribution in [1.82, 2.24) is 10.5 Å². The lowest BCUT2D eigenvalue weighted by Crippen LogP contribution is -2.30. The Morgan fingerprint density at radius 1 is 1.71 bits per heavy atom. The Hall–Kier alpha value is -1.36. The Balaban J connectivity index is 1.70. The van der Waals surface area contributed by atoms with Gasteiger partial charge in [-0.15, -0.1) is 0 Å². The number of rotatable bonds is 4. The van der Waals surface area contributed by atoms with E-state index in [-0.39, 0.29) is 5.91 Å². The summed E-state index contributed by atoms with van der Waals surface area (Å²) < 4.78 is 4.89. The van der Waals surface area contributed by atoms with Gasteiger partial charge in [-0.1, -0.05) is 5.16 Å². The molecule has 1 saturated heterocycles. The number of carbonyl (C=O) groups excluding carboxylic acids is 1. The lowest BCUT2D eigenvalue weighted by Gasteiger charge is -2.22. The summed E-state index contributed by atoms with van der Waals surface area (Å²) in [6, 6.07) is 1.72. The standard InChI is InChI=1S/C12H19N3O2/c1-9-7-11(15-17-9)14-12(16)5-4-10-3-2-6-13-8-10/h7,10,13H,2-6,8H2,1H3,(H,14,15,16). The summed E-state index contributed by atoms with van der Waals surface area (Å²) in [5.41, 5.74) is 0. The van der Waals surface area contributed by atoms with Gasteiger partial charge in [0, 0.05) is 12.5 Å². The van der Waals surface area contributed by atoms with Crippen LogP contribution in [0.4, 0.5) is 5.82 Å². The average molecular weight is 237 g/mol. The van der Waals surface area contributed by atoms with Gasteiger partial charge in [-0.05, 0) is 45.2 Å². The van der Waals surface area contributed by atoms with Gasteiger partial charge in [0.1, 0.15) is 5.76 Å². The Labute approximate surface area is 101 Å². The highest BCUT2D eigenvalue weighted by Crippen LogP contribution is 2.16. The van der Waals surface area contributed by atoms with Gasteiger partial charge < -0.3 is 15.2 Å². The number of aryl methyl sites for hydroxylation is 1. The monoisotopic (exact) mass is 237 g/mol. The molecule has 94 valence electrons. The maximum Gasteiger partial charge on any atom is 0.225 e. The molecule has 1 atom stereocenters. The molecule has 2 heterocycles. The maximum atomic E-state index is 11.7. The van der Waals surface area contributed by atoms with E-state index in [1.807, 2.05) is 0 Å². The second kappa shape index (κ2) is 5.82. The third-order valence-electron chi connectivity index (χ3n) is 3.07. The summed E-state index contributed by atoms with van der Waals surface area (Å²) in [5.74, 6) is 1.86. The summed E-state index contributed by atoms with van der Waals surface area (Å²) in [6.45, 7) is 3.95. The zero-order valence-corrected chi connectivity index (χ0v) is 10.2. The van der Waals surface area contributed by atoms with E-state index in [0.717, 1.165) is 19.5 Å². The third kappa shape index (κ3) is 3.85. The molecule has 1 unspecified atom stereocenters. The van der Waals surface area contributed by atoms with E-state index in [2.05, 4.69) is 15.8 Å². The number of carbonyl (C=O) groups is 1. The normalized spacial score (nSPS) is 20.2. The van der Waals surface area contributed by atoms with Crippen LogP contribution in [-0.4, -0.2) is 24.2 Å². The molecule has 1 amide bonds. The van der Waals surface area contributed by atoms with Gasteiger partial charge in [0.25, 0.3) is 0 Å². The summed E-state index contributed by atoms with van der Waals surface area (Å²) in [7, 11) is 0. The predicted octanol–water partition coefficient (Wildman–Crippen LogP) is 1.70. The Kier molecular flexibility index (Phi) is 4.14. The number of hydrogen-bond acceptors (Lipinski definition) is 4. The molecule has 0 spiro atoms. The van der Waals surface area contributed by atoms with Crippen molar-refractivity contribution in [3.8, 4) is 0 Å². The number of aromatic nitrogens is 1. The Bertz CT molecular complexity index is 370. The second-order valence-electron chi connectivity index (χ2n) is 4.62. The molecule has 1 aliphatic rings. The number of anilines is 1. The van der Waals surface area contributed by atoms with E-state index in [4.69, 9.17) is 4.52 Å². The molecule has 5 nitrogen and oxygen atoms in total. The molecule has 0 aromatic carbocycles. The minimum Gasteiger partial charge on any atom is -0.360 e. The lowest BCUT2D eigenvalue weighted by atomic mass is 9.94. The van der Waals surface area contributed by atoms with Crippen LogP contribution in [0.5, 0.6) is 0 Å². The van der Waals surface area contributed by atoms with E-state index < -0.39 is 0 Å². The first-order valence-electron chi connectivity index (χ1n) is 6.18. The number of amides is 1. The van der Waals surface area contributed by atoms with Crippen molar-refractivity contribution in [2.75, 3.05) is 18.4 Å². The van der Waals surface area contributed by atoms with E-state index in [9.17, 15) is 4.79 Å². The maximum absolute atomic E-state index is 11.7. The Morgan fingerprint density at radius 2 is 2.59 bits per heavy atom. The van der Waals surface area contributed by atoms with Gasteiger partial charge in [0.05, 0.1) is 0 Å². The summed E-state index contributed by atoms with van der Waals surface area (Å²) in [6.07, 6.45) is 3.94. The van der Waals surface area contributed by atoms with Gasteiger partial charge in [-0.3, -0.25) is 4.79 Å². The summed E-state index contributed by atoms with van der Waals surface area (Å²) in [5, 5.41) is 9.82. The van der Waals surface area contributed by atoms with Gasteiger partial charge >= 0.3 is 0 Å². The first-order valence-corrected chi connectivity index (χ1v) is 6.18. The minimum absolute atomic E-state index is 0.0175. The lowest BCUT2D eigenvalue weighted by molar-refractivity contribution is -0.116. The topological polar surface area (TPSA) is 67.2 Å². The highest BCUT2D eigenvalue weighted by Gasteiger charge is 2.14. The number of nitrogens with one attached hydrogen (secondary N) is 2. The van der Waals surface area contributed by atoms with E-state index in [1.54, 1.807) is 13.0 Å².